The first-order chi connectivity index (χ1) is 11.6. The van der Waals surface area contributed by atoms with Crippen LogP contribution in [0.1, 0.15) is 11.7 Å². The van der Waals surface area contributed by atoms with Gasteiger partial charge in [-0.25, -0.2) is 4.79 Å². The van der Waals surface area contributed by atoms with E-state index in [2.05, 4.69) is 0 Å². The molecule has 1 aliphatic heterocycles. The van der Waals surface area contributed by atoms with Gasteiger partial charge in [-0.1, -0.05) is 24.3 Å². The molecule has 0 aliphatic carbocycles. The second-order valence-electron chi connectivity index (χ2n) is 5.92. The monoisotopic (exact) mass is 327 g/mol. The standard InChI is InChI=1S/C19H21NO4/c1-20(2)10-11-23-19(21)18-15-7-5-4-6-14(15)16-12-13(22-3)8-9-17(16)24-18/h4-9,12,18H,10-11H2,1-3H3. The summed E-state index contributed by atoms with van der Waals surface area (Å²) in [5.41, 5.74) is 2.70. The first-order valence-electron chi connectivity index (χ1n) is 7.85. The number of nitrogens with zero attached hydrogens (tertiary/aromatic N) is 1. The van der Waals surface area contributed by atoms with Crippen molar-refractivity contribution in [2.45, 2.75) is 6.10 Å². The SMILES string of the molecule is COc1ccc2c(c1)-c1ccccc1C(C(=O)OCCN(C)C)O2. The zero-order valence-electron chi connectivity index (χ0n) is 14.1. The average Bonchev–Trinajstić information content (AvgIpc) is 2.60. The first-order valence-corrected chi connectivity index (χ1v) is 7.85. The van der Waals surface area contributed by atoms with Crippen LogP contribution in [0.5, 0.6) is 11.5 Å². The number of esters is 1. The van der Waals surface area contributed by atoms with Crippen molar-refractivity contribution in [1.29, 1.82) is 0 Å². The summed E-state index contributed by atoms with van der Waals surface area (Å²) in [6.45, 7) is 1.01. The molecule has 0 saturated heterocycles. The molecule has 1 aliphatic rings. The summed E-state index contributed by atoms with van der Waals surface area (Å²) in [4.78, 5) is 14.4. The Hall–Kier alpha value is -2.53. The molecule has 2 aromatic rings. The number of hydrogen-bond donors (Lipinski definition) is 0. The number of hydrogen-bond acceptors (Lipinski definition) is 5. The highest BCUT2D eigenvalue weighted by molar-refractivity contribution is 5.86. The Kier molecular flexibility index (Phi) is 4.71. The molecular formula is C19H21NO4. The number of likely N-dealkylation sites (N-methyl/N-ethyl adjacent to an activating group) is 1. The zero-order valence-corrected chi connectivity index (χ0v) is 14.1. The van der Waals surface area contributed by atoms with Crippen molar-refractivity contribution in [3.63, 3.8) is 0 Å². The van der Waals surface area contributed by atoms with E-state index < -0.39 is 6.10 Å². The maximum Gasteiger partial charge on any atom is 0.352 e. The summed E-state index contributed by atoms with van der Waals surface area (Å²) in [5, 5.41) is 0. The van der Waals surface area contributed by atoms with Crippen molar-refractivity contribution >= 4 is 5.97 Å². The molecule has 5 heteroatoms. The van der Waals surface area contributed by atoms with E-state index in [1.807, 2.05) is 61.5 Å². The summed E-state index contributed by atoms with van der Waals surface area (Å²) in [6.07, 6.45) is -0.746. The molecule has 0 fully saturated rings. The van der Waals surface area contributed by atoms with Gasteiger partial charge < -0.3 is 19.1 Å². The number of benzene rings is 2. The summed E-state index contributed by atoms with van der Waals surface area (Å²) in [6, 6.07) is 13.3. The van der Waals surface area contributed by atoms with Crippen LogP contribution in [-0.2, 0) is 9.53 Å². The molecule has 24 heavy (non-hydrogen) atoms. The first kappa shape index (κ1) is 16.3. The van der Waals surface area contributed by atoms with Crippen LogP contribution in [0.15, 0.2) is 42.5 Å². The predicted octanol–water partition coefficient (Wildman–Crippen LogP) is 2.90. The van der Waals surface area contributed by atoms with Crippen LogP contribution in [-0.4, -0.2) is 45.2 Å². The Labute approximate surface area is 141 Å². The number of methoxy groups -OCH3 is 1. The number of carbonyl (C=O) groups excluding carboxylic acids is 1. The molecular weight excluding hydrogens is 306 g/mol. The lowest BCUT2D eigenvalue weighted by Crippen LogP contribution is -2.27. The largest absolute Gasteiger partial charge is 0.497 e. The second kappa shape index (κ2) is 6.93. The van der Waals surface area contributed by atoms with Crippen molar-refractivity contribution in [2.24, 2.45) is 0 Å². The second-order valence-corrected chi connectivity index (χ2v) is 5.92. The van der Waals surface area contributed by atoms with Crippen LogP contribution >= 0.6 is 0 Å². The van der Waals surface area contributed by atoms with Gasteiger partial charge in [-0.3, -0.25) is 0 Å². The molecule has 0 spiro atoms. The quantitative estimate of drug-likeness (QED) is 0.790. The molecule has 3 rings (SSSR count). The van der Waals surface area contributed by atoms with Gasteiger partial charge in [0.05, 0.1) is 7.11 Å². The van der Waals surface area contributed by atoms with Gasteiger partial charge in [0.2, 0.25) is 6.10 Å². The zero-order chi connectivity index (χ0) is 17.1. The highest BCUT2D eigenvalue weighted by atomic mass is 16.6. The average molecular weight is 327 g/mol. The van der Waals surface area contributed by atoms with E-state index in [9.17, 15) is 4.79 Å². The van der Waals surface area contributed by atoms with Gasteiger partial charge in [0.25, 0.3) is 0 Å². The third-order valence-electron chi connectivity index (χ3n) is 3.96. The Morgan fingerprint density at radius 1 is 1.17 bits per heavy atom. The fourth-order valence-corrected chi connectivity index (χ4v) is 2.69. The molecule has 0 N–H and O–H groups in total. The molecule has 0 amide bonds. The number of carbonyl (C=O) groups is 1. The normalized spacial score (nSPS) is 15.2. The minimum atomic E-state index is -0.746. The van der Waals surface area contributed by atoms with Crippen LogP contribution in [0.25, 0.3) is 11.1 Å². The van der Waals surface area contributed by atoms with E-state index in [1.54, 1.807) is 7.11 Å². The lowest BCUT2D eigenvalue weighted by atomic mass is 9.92. The lowest BCUT2D eigenvalue weighted by molar-refractivity contribution is -0.152. The summed E-state index contributed by atoms with van der Waals surface area (Å²) < 4.78 is 16.6. The van der Waals surface area contributed by atoms with Crippen molar-refractivity contribution in [1.82, 2.24) is 4.90 Å². The summed E-state index contributed by atoms with van der Waals surface area (Å²) in [5.74, 6) is 1.04. The maximum atomic E-state index is 12.5. The molecule has 0 bridgehead atoms. The Morgan fingerprint density at radius 3 is 2.71 bits per heavy atom. The molecule has 0 radical (unpaired) electrons. The van der Waals surface area contributed by atoms with Gasteiger partial charge in [0.15, 0.2) is 0 Å². The van der Waals surface area contributed by atoms with Crippen molar-refractivity contribution in [2.75, 3.05) is 34.4 Å². The van der Waals surface area contributed by atoms with E-state index in [0.717, 1.165) is 22.4 Å². The summed E-state index contributed by atoms with van der Waals surface area (Å²) >= 11 is 0. The third kappa shape index (κ3) is 3.21. The number of fused-ring (bicyclic) bond motifs is 3. The van der Waals surface area contributed by atoms with Crippen LogP contribution in [0, 0.1) is 0 Å². The van der Waals surface area contributed by atoms with Gasteiger partial charge in [0.1, 0.15) is 18.1 Å². The van der Waals surface area contributed by atoms with Crippen molar-refractivity contribution in [3.05, 3.63) is 48.0 Å². The lowest BCUT2D eigenvalue weighted by Gasteiger charge is -2.27. The molecule has 1 heterocycles. The number of ether oxygens (including phenoxy) is 3. The third-order valence-corrected chi connectivity index (χ3v) is 3.96. The van der Waals surface area contributed by atoms with Crippen LogP contribution in [0.2, 0.25) is 0 Å². The van der Waals surface area contributed by atoms with Gasteiger partial charge in [0, 0.05) is 17.7 Å². The van der Waals surface area contributed by atoms with Crippen LogP contribution in [0.3, 0.4) is 0 Å². The van der Waals surface area contributed by atoms with Gasteiger partial charge in [-0.15, -0.1) is 0 Å². The smallest absolute Gasteiger partial charge is 0.352 e. The van der Waals surface area contributed by atoms with E-state index in [0.29, 0.717) is 18.9 Å². The number of rotatable bonds is 5. The minimum absolute atomic E-state index is 0.337. The predicted molar refractivity (Wildman–Crippen MR) is 91.3 cm³/mol. The molecule has 0 saturated carbocycles. The van der Waals surface area contributed by atoms with E-state index in [4.69, 9.17) is 14.2 Å². The van der Waals surface area contributed by atoms with Crippen LogP contribution in [0.4, 0.5) is 0 Å². The molecule has 1 atom stereocenters. The fraction of sp³-hybridized carbons (Fsp3) is 0.316. The van der Waals surface area contributed by atoms with Gasteiger partial charge in [-0.2, -0.15) is 0 Å². The molecule has 2 aromatic carbocycles. The van der Waals surface area contributed by atoms with Gasteiger partial charge in [-0.05, 0) is 37.9 Å². The van der Waals surface area contributed by atoms with E-state index in [1.165, 1.54) is 0 Å². The molecule has 5 nitrogen and oxygen atoms in total. The van der Waals surface area contributed by atoms with E-state index in [-0.39, 0.29) is 5.97 Å². The topological polar surface area (TPSA) is 48.0 Å². The summed E-state index contributed by atoms with van der Waals surface area (Å²) in [7, 11) is 5.50. The fourth-order valence-electron chi connectivity index (χ4n) is 2.69. The molecule has 126 valence electrons. The van der Waals surface area contributed by atoms with Gasteiger partial charge >= 0.3 is 5.97 Å². The van der Waals surface area contributed by atoms with Crippen LogP contribution < -0.4 is 9.47 Å². The van der Waals surface area contributed by atoms with E-state index >= 15 is 0 Å². The molecule has 0 aromatic heterocycles. The molecule has 1 unspecified atom stereocenters. The highest BCUT2D eigenvalue weighted by Gasteiger charge is 2.32. The Bertz CT molecular complexity index is 742. The highest BCUT2D eigenvalue weighted by Crippen LogP contribution is 2.44. The van der Waals surface area contributed by atoms with Crippen molar-refractivity contribution < 1.29 is 19.0 Å². The minimum Gasteiger partial charge on any atom is -0.497 e. The van der Waals surface area contributed by atoms with Crippen molar-refractivity contribution in [3.8, 4) is 22.6 Å². The Balaban J connectivity index is 1.90. The maximum absolute atomic E-state index is 12.5. The Morgan fingerprint density at radius 2 is 1.96 bits per heavy atom.